The van der Waals surface area contributed by atoms with E-state index in [1.54, 1.807) is 26.1 Å². The first-order chi connectivity index (χ1) is 9.39. The minimum absolute atomic E-state index is 0.165. The van der Waals surface area contributed by atoms with Gasteiger partial charge in [0, 0.05) is 50.9 Å². The minimum atomic E-state index is -0.865. The predicted octanol–water partition coefficient (Wildman–Crippen LogP) is 0.586. The summed E-state index contributed by atoms with van der Waals surface area (Å²) in [7, 11) is 1.68. The van der Waals surface area contributed by atoms with Crippen LogP contribution in [0.3, 0.4) is 0 Å². The second-order valence-corrected chi connectivity index (χ2v) is 5.42. The van der Waals surface area contributed by atoms with Gasteiger partial charge in [0.15, 0.2) is 0 Å². The van der Waals surface area contributed by atoms with Crippen LogP contribution >= 0.6 is 0 Å². The lowest BCUT2D eigenvalue weighted by molar-refractivity contribution is -0.0734. The summed E-state index contributed by atoms with van der Waals surface area (Å²) in [5.41, 5.74) is 5.99. The molecule has 0 aliphatic carbocycles. The van der Waals surface area contributed by atoms with Crippen molar-refractivity contribution in [3.05, 3.63) is 23.4 Å². The highest BCUT2D eigenvalue weighted by Crippen LogP contribution is 2.22. The third-order valence-electron chi connectivity index (χ3n) is 3.52. The van der Waals surface area contributed by atoms with Crippen LogP contribution in [0.4, 0.5) is 5.82 Å². The Morgan fingerprint density at radius 1 is 1.50 bits per heavy atom. The first-order valence-corrected chi connectivity index (χ1v) is 6.69. The van der Waals surface area contributed by atoms with Gasteiger partial charge in [0.05, 0.1) is 5.60 Å². The number of ether oxygens (including phenoxy) is 1. The van der Waals surface area contributed by atoms with Crippen molar-refractivity contribution >= 4 is 11.7 Å². The first-order valence-electron chi connectivity index (χ1n) is 6.69. The Labute approximate surface area is 118 Å². The summed E-state index contributed by atoms with van der Waals surface area (Å²) >= 11 is 0. The van der Waals surface area contributed by atoms with Gasteiger partial charge in [-0.1, -0.05) is 0 Å². The summed E-state index contributed by atoms with van der Waals surface area (Å²) in [5.74, 6) is 0.161. The molecule has 110 valence electrons. The molecule has 1 aliphatic rings. The topological polar surface area (TPSA) is 88.7 Å². The molecule has 1 aliphatic heterocycles. The number of rotatable bonds is 3. The summed E-state index contributed by atoms with van der Waals surface area (Å²) in [5, 5.41) is 10.4. The maximum absolute atomic E-state index is 12.4. The fourth-order valence-electron chi connectivity index (χ4n) is 2.46. The van der Waals surface area contributed by atoms with Crippen LogP contribution in [0, 0.1) is 6.92 Å². The van der Waals surface area contributed by atoms with Gasteiger partial charge in [-0.3, -0.25) is 4.79 Å². The number of nitrogens with two attached hydrogens (primary N) is 1. The van der Waals surface area contributed by atoms with Crippen LogP contribution in [-0.2, 0) is 4.74 Å². The monoisotopic (exact) mass is 279 g/mol. The number of nitrogen functional groups attached to an aromatic ring is 1. The van der Waals surface area contributed by atoms with Crippen LogP contribution in [0.5, 0.6) is 0 Å². The molecule has 20 heavy (non-hydrogen) atoms. The Morgan fingerprint density at radius 2 is 2.15 bits per heavy atom. The number of carbonyl (C=O) groups is 1. The Morgan fingerprint density at radius 3 is 2.75 bits per heavy atom. The number of aryl methyl sites for hydroxylation is 1. The number of hydrogen-bond donors (Lipinski definition) is 2. The second-order valence-electron chi connectivity index (χ2n) is 5.42. The quantitative estimate of drug-likeness (QED) is 0.845. The second kappa shape index (κ2) is 5.76. The minimum Gasteiger partial charge on any atom is -0.388 e. The molecule has 6 nitrogen and oxygen atoms in total. The SMILES string of the molecule is Cc1cc(C(=O)N(C)CC2(O)CCOCC2)cc(N)n1. The standard InChI is InChI=1S/C14H21N3O3/c1-10-7-11(8-12(15)16-10)13(18)17(2)9-14(19)3-5-20-6-4-14/h7-8,19H,3-6,9H2,1-2H3,(H2,15,16). The van der Waals surface area contributed by atoms with Crippen LogP contribution in [0.25, 0.3) is 0 Å². The molecule has 0 atom stereocenters. The van der Waals surface area contributed by atoms with Crippen LogP contribution in [-0.4, -0.2) is 53.3 Å². The lowest BCUT2D eigenvalue weighted by Gasteiger charge is -2.35. The van der Waals surface area contributed by atoms with Crippen LogP contribution in [0.15, 0.2) is 12.1 Å². The maximum Gasteiger partial charge on any atom is 0.253 e. The number of hydrogen-bond acceptors (Lipinski definition) is 5. The number of nitrogens with zero attached hydrogens (tertiary/aromatic N) is 2. The van der Waals surface area contributed by atoms with Crippen molar-refractivity contribution in [2.45, 2.75) is 25.4 Å². The smallest absolute Gasteiger partial charge is 0.253 e. The van der Waals surface area contributed by atoms with E-state index >= 15 is 0 Å². The molecule has 0 bridgehead atoms. The van der Waals surface area contributed by atoms with E-state index in [-0.39, 0.29) is 12.5 Å². The van der Waals surface area contributed by atoms with E-state index in [9.17, 15) is 9.90 Å². The van der Waals surface area contributed by atoms with Gasteiger partial charge in [0.25, 0.3) is 5.91 Å². The molecule has 1 amide bonds. The van der Waals surface area contributed by atoms with Gasteiger partial charge in [-0.25, -0.2) is 4.98 Å². The molecule has 1 aromatic heterocycles. The lowest BCUT2D eigenvalue weighted by Crippen LogP contribution is -2.47. The molecule has 6 heteroatoms. The molecular weight excluding hydrogens is 258 g/mol. The number of anilines is 1. The van der Waals surface area contributed by atoms with Crippen molar-refractivity contribution in [2.24, 2.45) is 0 Å². The molecule has 1 fully saturated rings. The normalized spacial score (nSPS) is 17.8. The van der Waals surface area contributed by atoms with Crippen molar-refractivity contribution in [3.63, 3.8) is 0 Å². The Kier molecular flexibility index (Phi) is 4.25. The predicted molar refractivity (Wildman–Crippen MR) is 75.3 cm³/mol. The van der Waals surface area contributed by atoms with Crippen LogP contribution < -0.4 is 5.73 Å². The van der Waals surface area contributed by atoms with Crippen LogP contribution in [0.2, 0.25) is 0 Å². The fourth-order valence-corrected chi connectivity index (χ4v) is 2.46. The average Bonchev–Trinajstić information content (AvgIpc) is 2.37. The van der Waals surface area contributed by atoms with E-state index in [0.29, 0.717) is 43.1 Å². The van der Waals surface area contributed by atoms with Gasteiger partial charge < -0.3 is 20.5 Å². The maximum atomic E-state index is 12.4. The summed E-state index contributed by atoms with van der Waals surface area (Å²) in [6.07, 6.45) is 1.09. The zero-order valence-corrected chi connectivity index (χ0v) is 11.9. The van der Waals surface area contributed by atoms with Crippen molar-refractivity contribution in [2.75, 3.05) is 32.5 Å². The molecule has 3 N–H and O–H groups in total. The zero-order chi connectivity index (χ0) is 14.8. The summed E-state index contributed by atoms with van der Waals surface area (Å²) in [6, 6.07) is 3.25. The molecule has 1 saturated heterocycles. The van der Waals surface area contributed by atoms with E-state index in [4.69, 9.17) is 10.5 Å². The molecule has 0 unspecified atom stereocenters. The van der Waals surface area contributed by atoms with Crippen LogP contribution in [0.1, 0.15) is 28.9 Å². The number of carbonyl (C=O) groups excluding carboxylic acids is 1. The molecular formula is C14H21N3O3. The van der Waals surface area contributed by atoms with Gasteiger partial charge in [-0.2, -0.15) is 0 Å². The molecule has 0 aromatic carbocycles. The van der Waals surface area contributed by atoms with Gasteiger partial charge >= 0.3 is 0 Å². The van der Waals surface area contributed by atoms with E-state index in [1.165, 1.54) is 4.90 Å². The summed E-state index contributed by atoms with van der Waals surface area (Å²) in [6.45, 7) is 3.13. The lowest BCUT2D eigenvalue weighted by atomic mass is 9.93. The fraction of sp³-hybridized carbons (Fsp3) is 0.571. The van der Waals surface area contributed by atoms with E-state index in [1.807, 2.05) is 0 Å². The average molecular weight is 279 g/mol. The van der Waals surface area contributed by atoms with E-state index in [2.05, 4.69) is 4.98 Å². The number of aliphatic hydroxyl groups is 1. The van der Waals surface area contributed by atoms with Gasteiger partial charge in [-0.05, 0) is 19.1 Å². The van der Waals surface area contributed by atoms with Gasteiger partial charge in [0.1, 0.15) is 5.82 Å². The zero-order valence-electron chi connectivity index (χ0n) is 11.9. The largest absolute Gasteiger partial charge is 0.388 e. The van der Waals surface area contributed by atoms with Gasteiger partial charge in [0.2, 0.25) is 0 Å². The molecule has 2 heterocycles. The number of pyridine rings is 1. The number of amides is 1. The molecule has 1 aromatic rings. The Hall–Kier alpha value is -1.66. The number of aromatic nitrogens is 1. The third kappa shape index (κ3) is 3.46. The third-order valence-corrected chi connectivity index (χ3v) is 3.52. The highest BCUT2D eigenvalue weighted by Gasteiger charge is 2.32. The highest BCUT2D eigenvalue weighted by molar-refractivity contribution is 5.94. The molecule has 0 radical (unpaired) electrons. The van der Waals surface area contributed by atoms with Crippen molar-refractivity contribution in [1.82, 2.24) is 9.88 Å². The number of likely N-dealkylation sites (N-methyl/N-ethyl adjacent to an activating group) is 1. The molecule has 2 rings (SSSR count). The first kappa shape index (κ1) is 14.7. The molecule has 0 spiro atoms. The Balaban J connectivity index is 2.08. The highest BCUT2D eigenvalue weighted by atomic mass is 16.5. The van der Waals surface area contributed by atoms with Crippen molar-refractivity contribution < 1.29 is 14.6 Å². The summed E-state index contributed by atoms with van der Waals surface area (Å²) in [4.78, 5) is 17.9. The van der Waals surface area contributed by atoms with Crippen molar-refractivity contribution in [1.29, 1.82) is 0 Å². The van der Waals surface area contributed by atoms with Crippen molar-refractivity contribution in [3.8, 4) is 0 Å². The summed E-state index contributed by atoms with van der Waals surface area (Å²) < 4.78 is 5.23. The van der Waals surface area contributed by atoms with E-state index in [0.717, 1.165) is 0 Å². The molecule has 0 saturated carbocycles. The van der Waals surface area contributed by atoms with E-state index < -0.39 is 5.60 Å². The van der Waals surface area contributed by atoms with Gasteiger partial charge in [-0.15, -0.1) is 0 Å². The Bertz CT molecular complexity index is 478.